The Hall–Kier alpha value is -4.58. The van der Waals surface area contributed by atoms with Crippen molar-refractivity contribution in [2.24, 2.45) is 0 Å². The fourth-order valence-corrected chi connectivity index (χ4v) is 6.49. The van der Waals surface area contributed by atoms with Gasteiger partial charge in [0.15, 0.2) is 12.0 Å². The highest BCUT2D eigenvalue weighted by Gasteiger charge is 2.37. The molecular weight excluding hydrogens is 605 g/mol. The number of aliphatic hydroxyl groups excluding tert-OH is 1. The van der Waals surface area contributed by atoms with Gasteiger partial charge in [-0.15, -0.1) is 0 Å². The lowest BCUT2D eigenvalue weighted by Crippen LogP contribution is -2.56. The first kappa shape index (κ1) is 31.0. The molecule has 3 aromatic rings. The highest BCUT2D eigenvalue weighted by molar-refractivity contribution is 5.75. The molecule has 4 aliphatic rings. The highest BCUT2D eigenvalue weighted by atomic mass is 19.1. The lowest BCUT2D eigenvalue weighted by molar-refractivity contribution is -0.0660. The summed E-state index contributed by atoms with van der Waals surface area (Å²) in [4.78, 5) is 33.8. The van der Waals surface area contributed by atoms with Crippen molar-refractivity contribution in [3.63, 3.8) is 0 Å². The number of anilines is 3. The van der Waals surface area contributed by atoms with E-state index in [9.17, 15) is 15.2 Å². The maximum Gasteiger partial charge on any atom is 0.320 e. The zero-order valence-corrected chi connectivity index (χ0v) is 26.0. The van der Waals surface area contributed by atoms with Crippen LogP contribution in [-0.2, 0) is 4.74 Å². The number of amides is 2. The predicted octanol–water partition coefficient (Wildman–Crippen LogP) is 2.65. The first-order chi connectivity index (χ1) is 22.9. The van der Waals surface area contributed by atoms with Crippen LogP contribution in [0.3, 0.4) is 0 Å². The summed E-state index contributed by atoms with van der Waals surface area (Å²) >= 11 is 0. The standard InChI is InChI=1S/C33H38FN9O4/c34-28-18-43(33(45)42-9-7-27(44)17-42)10-8-30(28)47-29-6-1-22(15-23(29)16-35)31-36-21-37-32(39-31)38-24-2-4-25(5-3-24)40-11-13-41(14-12-40)26-19-46-20-26/h1-6,15,21,26-28,30,44H,7-14,17-20H2,(H,36,37,38,39)/t27-,28-,30-/m0/s1. The zero-order chi connectivity index (χ0) is 32.3. The second-order valence-electron chi connectivity index (χ2n) is 12.4. The smallest absolute Gasteiger partial charge is 0.320 e. The largest absolute Gasteiger partial charge is 0.486 e. The summed E-state index contributed by atoms with van der Waals surface area (Å²) in [5.74, 6) is 0.999. The summed E-state index contributed by atoms with van der Waals surface area (Å²) in [6.07, 6.45) is -0.525. The van der Waals surface area contributed by atoms with E-state index in [-0.39, 0.29) is 36.9 Å². The third-order valence-corrected chi connectivity index (χ3v) is 9.33. The summed E-state index contributed by atoms with van der Waals surface area (Å²) < 4.78 is 26.5. The Morgan fingerprint density at radius 1 is 1.00 bits per heavy atom. The molecule has 7 rings (SSSR count). The van der Waals surface area contributed by atoms with Crippen molar-refractivity contribution in [3.8, 4) is 23.2 Å². The number of piperazine rings is 1. The third-order valence-electron chi connectivity index (χ3n) is 9.33. The topological polar surface area (TPSA) is 143 Å². The van der Waals surface area contributed by atoms with Crippen LogP contribution in [0, 0.1) is 11.3 Å². The number of hydrogen-bond donors (Lipinski definition) is 2. The number of nitrogens with zero attached hydrogens (tertiary/aromatic N) is 8. The number of ether oxygens (including phenoxy) is 2. The van der Waals surface area contributed by atoms with E-state index >= 15 is 4.39 Å². The monoisotopic (exact) mass is 643 g/mol. The Labute approximate surface area is 272 Å². The fourth-order valence-electron chi connectivity index (χ4n) is 6.49. The van der Waals surface area contributed by atoms with Gasteiger partial charge in [0, 0.05) is 69.2 Å². The van der Waals surface area contributed by atoms with Crippen LogP contribution in [0.2, 0.25) is 0 Å². The number of halogens is 1. The van der Waals surface area contributed by atoms with Crippen LogP contribution in [0.15, 0.2) is 48.8 Å². The molecule has 13 nitrogen and oxygen atoms in total. The van der Waals surface area contributed by atoms with Crippen LogP contribution in [0.1, 0.15) is 18.4 Å². The first-order valence-corrected chi connectivity index (χ1v) is 16.1. The van der Waals surface area contributed by atoms with E-state index in [1.54, 1.807) is 23.1 Å². The molecule has 0 bridgehead atoms. The molecular formula is C33H38FN9O4. The number of rotatable bonds is 7. The van der Waals surface area contributed by atoms with Gasteiger partial charge in [-0.25, -0.2) is 19.2 Å². The van der Waals surface area contributed by atoms with Crippen LogP contribution in [-0.4, -0.2) is 131 Å². The van der Waals surface area contributed by atoms with E-state index in [1.807, 2.05) is 12.1 Å². The van der Waals surface area contributed by atoms with Crippen molar-refractivity contribution >= 4 is 23.4 Å². The summed E-state index contributed by atoms with van der Waals surface area (Å²) in [6.45, 7) is 6.67. The number of piperidine rings is 1. The van der Waals surface area contributed by atoms with E-state index in [0.29, 0.717) is 42.9 Å². The van der Waals surface area contributed by atoms with Gasteiger partial charge in [-0.05, 0) is 48.9 Å². The van der Waals surface area contributed by atoms with Crippen LogP contribution in [0.5, 0.6) is 5.75 Å². The van der Waals surface area contributed by atoms with Crippen molar-refractivity contribution in [1.82, 2.24) is 29.7 Å². The van der Waals surface area contributed by atoms with E-state index in [4.69, 9.17) is 9.47 Å². The average molecular weight is 644 g/mol. The molecule has 1 aromatic heterocycles. The Morgan fingerprint density at radius 2 is 1.77 bits per heavy atom. The van der Waals surface area contributed by atoms with Crippen LogP contribution in [0.4, 0.5) is 26.5 Å². The number of nitrogens with one attached hydrogen (secondary N) is 1. The quantitative estimate of drug-likeness (QED) is 0.392. The van der Waals surface area contributed by atoms with E-state index in [1.165, 1.54) is 16.9 Å². The minimum absolute atomic E-state index is 0.104. The number of alkyl halides is 1. The third kappa shape index (κ3) is 6.92. The highest BCUT2D eigenvalue weighted by Crippen LogP contribution is 2.29. The van der Waals surface area contributed by atoms with Crippen molar-refractivity contribution in [2.75, 3.05) is 75.8 Å². The van der Waals surface area contributed by atoms with Crippen molar-refractivity contribution in [3.05, 3.63) is 54.4 Å². The number of carbonyl (C=O) groups excluding carboxylic acids is 1. The molecule has 4 saturated heterocycles. The molecule has 0 aliphatic carbocycles. The van der Waals surface area contributed by atoms with Gasteiger partial charge >= 0.3 is 6.03 Å². The van der Waals surface area contributed by atoms with Gasteiger partial charge < -0.3 is 34.6 Å². The molecule has 0 unspecified atom stereocenters. The molecule has 2 amide bonds. The molecule has 4 fully saturated rings. The molecule has 14 heteroatoms. The molecule has 3 atom stereocenters. The van der Waals surface area contributed by atoms with Gasteiger partial charge in [-0.2, -0.15) is 10.2 Å². The molecule has 0 radical (unpaired) electrons. The molecule has 2 N–H and O–H groups in total. The molecule has 0 spiro atoms. The maximum absolute atomic E-state index is 15.2. The van der Waals surface area contributed by atoms with E-state index in [0.717, 1.165) is 45.1 Å². The summed E-state index contributed by atoms with van der Waals surface area (Å²) in [6, 6.07) is 15.6. The fraction of sp³-hybridized carbons (Fsp3) is 0.485. The Kier molecular flexibility index (Phi) is 9.01. The molecule has 5 heterocycles. The van der Waals surface area contributed by atoms with Crippen molar-refractivity contribution in [1.29, 1.82) is 5.26 Å². The van der Waals surface area contributed by atoms with Crippen molar-refractivity contribution in [2.45, 2.75) is 37.3 Å². The van der Waals surface area contributed by atoms with Crippen LogP contribution in [0.25, 0.3) is 11.4 Å². The molecule has 47 heavy (non-hydrogen) atoms. The second-order valence-corrected chi connectivity index (χ2v) is 12.4. The van der Waals surface area contributed by atoms with Gasteiger partial charge in [-0.1, -0.05) is 0 Å². The van der Waals surface area contributed by atoms with Crippen LogP contribution < -0.4 is 15.0 Å². The number of likely N-dealkylation sites (tertiary alicyclic amines) is 2. The van der Waals surface area contributed by atoms with E-state index in [2.05, 4.69) is 48.3 Å². The minimum atomic E-state index is -1.42. The van der Waals surface area contributed by atoms with Gasteiger partial charge in [0.2, 0.25) is 5.95 Å². The lowest BCUT2D eigenvalue weighted by Gasteiger charge is -2.43. The number of hydrogen-bond acceptors (Lipinski definition) is 11. The number of aromatic nitrogens is 3. The number of β-amino-alcohol motifs (C(OH)–C–C–N with tert-alkyl or cyclic N) is 1. The number of aliphatic hydroxyl groups is 1. The Balaban J connectivity index is 0.955. The van der Waals surface area contributed by atoms with Gasteiger partial charge in [-0.3, -0.25) is 4.90 Å². The zero-order valence-electron chi connectivity index (χ0n) is 26.0. The number of benzene rings is 2. The lowest BCUT2D eigenvalue weighted by atomic mass is 10.1. The summed E-state index contributed by atoms with van der Waals surface area (Å²) in [7, 11) is 0. The first-order valence-electron chi connectivity index (χ1n) is 16.1. The molecule has 4 aliphatic heterocycles. The molecule has 2 aromatic carbocycles. The Morgan fingerprint density at radius 3 is 2.45 bits per heavy atom. The van der Waals surface area contributed by atoms with Crippen molar-refractivity contribution < 1.29 is 23.8 Å². The summed E-state index contributed by atoms with van der Waals surface area (Å²) in [5, 5.41) is 22.9. The van der Waals surface area contributed by atoms with Crippen LogP contribution >= 0.6 is 0 Å². The maximum atomic E-state index is 15.2. The minimum Gasteiger partial charge on any atom is -0.486 e. The van der Waals surface area contributed by atoms with E-state index < -0.39 is 18.4 Å². The molecule has 0 saturated carbocycles. The number of nitriles is 1. The second kappa shape index (κ2) is 13.6. The Bertz CT molecular complexity index is 1610. The normalized spacial score (nSPS) is 23.7. The predicted molar refractivity (Wildman–Crippen MR) is 171 cm³/mol. The van der Waals surface area contributed by atoms with Gasteiger partial charge in [0.25, 0.3) is 0 Å². The van der Waals surface area contributed by atoms with Gasteiger partial charge in [0.05, 0.1) is 37.5 Å². The molecule has 246 valence electrons. The number of urea groups is 1. The number of carbonyl (C=O) groups is 1. The summed E-state index contributed by atoms with van der Waals surface area (Å²) in [5.41, 5.74) is 2.83. The average Bonchev–Trinajstić information content (AvgIpc) is 3.51. The SMILES string of the molecule is N#Cc1cc(-c2ncnc(Nc3ccc(N4CCN(C5COC5)CC4)cc3)n2)ccc1O[C@H]1CCN(C(=O)N2CC[C@H](O)C2)C[C@@H]1F. The van der Waals surface area contributed by atoms with Gasteiger partial charge in [0.1, 0.15) is 24.3 Å².